The summed E-state index contributed by atoms with van der Waals surface area (Å²) in [5, 5.41) is 10.4. The van der Waals surface area contributed by atoms with E-state index in [0.717, 1.165) is 4.88 Å². The van der Waals surface area contributed by atoms with Gasteiger partial charge in [-0.05, 0) is 11.4 Å². The second-order valence-corrected chi connectivity index (χ2v) is 3.30. The fraction of sp³-hybridized carbons (Fsp3) is 0.375. The average Bonchev–Trinajstić information content (AvgIpc) is 2.40. The molecule has 0 unspecified atom stereocenters. The van der Waals surface area contributed by atoms with E-state index in [4.69, 9.17) is 5.11 Å². The molecule has 0 aromatic carbocycles. The Morgan fingerprint density at radius 3 is 3.00 bits per heavy atom. The van der Waals surface area contributed by atoms with E-state index in [2.05, 4.69) is 0 Å². The van der Waals surface area contributed by atoms with Crippen LogP contribution < -0.4 is 0 Å². The molecule has 1 rings (SSSR count). The van der Waals surface area contributed by atoms with Crippen LogP contribution in [0, 0.1) is 0 Å². The molecule has 11 heavy (non-hydrogen) atoms. The third-order valence-electron chi connectivity index (χ3n) is 1.34. The molecule has 0 atom stereocenters. The lowest BCUT2D eigenvalue weighted by Crippen LogP contribution is -2.03. The first-order valence-electron chi connectivity index (χ1n) is 3.48. The Kier molecular flexibility index (Phi) is 3.26. The third-order valence-corrected chi connectivity index (χ3v) is 2.22. The van der Waals surface area contributed by atoms with Crippen LogP contribution in [0.3, 0.4) is 0 Å². The Bertz CT molecular complexity index is 216. The van der Waals surface area contributed by atoms with Crippen molar-refractivity contribution in [2.75, 3.05) is 6.61 Å². The Morgan fingerprint density at radius 2 is 2.45 bits per heavy atom. The molecule has 0 fully saturated rings. The van der Waals surface area contributed by atoms with Crippen molar-refractivity contribution in [3.05, 3.63) is 22.4 Å². The molecule has 0 amide bonds. The summed E-state index contributed by atoms with van der Waals surface area (Å²) in [7, 11) is 0. The van der Waals surface area contributed by atoms with Crippen molar-refractivity contribution in [2.45, 2.75) is 12.8 Å². The number of aliphatic hydroxyl groups excluding tert-OH is 1. The quantitative estimate of drug-likeness (QED) is 0.738. The van der Waals surface area contributed by atoms with E-state index < -0.39 is 0 Å². The molecule has 1 aromatic heterocycles. The van der Waals surface area contributed by atoms with E-state index in [-0.39, 0.29) is 18.8 Å². The molecule has 2 nitrogen and oxygen atoms in total. The van der Waals surface area contributed by atoms with Gasteiger partial charge in [0.25, 0.3) is 0 Å². The Labute approximate surface area is 69.5 Å². The summed E-state index contributed by atoms with van der Waals surface area (Å²) in [5.41, 5.74) is 0. The van der Waals surface area contributed by atoms with Crippen LogP contribution in [0.2, 0.25) is 0 Å². The topological polar surface area (TPSA) is 37.3 Å². The van der Waals surface area contributed by atoms with Crippen LogP contribution in [0.5, 0.6) is 0 Å². The van der Waals surface area contributed by atoms with Gasteiger partial charge in [0.1, 0.15) is 5.78 Å². The number of aliphatic hydroxyl groups is 1. The van der Waals surface area contributed by atoms with E-state index in [1.807, 2.05) is 17.5 Å². The summed E-state index contributed by atoms with van der Waals surface area (Å²) in [5.74, 6) is 0.106. The first-order chi connectivity index (χ1) is 5.33. The number of carbonyl (C=O) groups is 1. The molecule has 3 heteroatoms. The maximum Gasteiger partial charge on any atom is 0.140 e. The van der Waals surface area contributed by atoms with Gasteiger partial charge < -0.3 is 5.11 Å². The molecule has 0 radical (unpaired) electrons. The molecule has 0 saturated heterocycles. The van der Waals surface area contributed by atoms with Gasteiger partial charge in [-0.25, -0.2) is 0 Å². The van der Waals surface area contributed by atoms with Crippen LogP contribution in [0.15, 0.2) is 17.5 Å². The highest BCUT2D eigenvalue weighted by atomic mass is 32.1. The minimum Gasteiger partial charge on any atom is -0.396 e. The minimum atomic E-state index is -0.0375. The predicted molar refractivity (Wildman–Crippen MR) is 44.7 cm³/mol. The zero-order valence-corrected chi connectivity index (χ0v) is 6.93. The standard InChI is InChI=1S/C8H10O2S/c9-4-3-7(10)6-8-2-1-5-11-8/h1-2,5,9H,3-4,6H2. The molecule has 0 aliphatic heterocycles. The zero-order chi connectivity index (χ0) is 8.10. The molecule has 1 aromatic rings. The third kappa shape index (κ3) is 2.82. The Hall–Kier alpha value is -0.670. The monoisotopic (exact) mass is 170 g/mol. The molecule has 1 N–H and O–H groups in total. The SMILES string of the molecule is O=C(CCO)Cc1cccs1. The number of hydrogen-bond donors (Lipinski definition) is 1. The first kappa shape index (κ1) is 8.43. The summed E-state index contributed by atoms with van der Waals surface area (Å²) in [6, 6.07) is 3.85. The van der Waals surface area contributed by atoms with E-state index in [9.17, 15) is 4.79 Å². The van der Waals surface area contributed by atoms with E-state index in [0.29, 0.717) is 6.42 Å². The van der Waals surface area contributed by atoms with Crippen molar-refractivity contribution in [1.29, 1.82) is 0 Å². The van der Waals surface area contributed by atoms with Gasteiger partial charge in [0.05, 0.1) is 0 Å². The average molecular weight is 170 g/mol. The van der Waals surface area contributed by atoms with Crippen molar-refractivity contribution < 1.29 is 9.90 Å². The second kappa shape index (κ2) is 4.26. The number of carbonyl (C=O) groups excluding carboxylic acids is 1. The van der Waals surface area contributed by atoms with Crippen LogP contribution in [0.1, 0.15) is 11.3 Å². The molecule has 0 bridgehead atoms. The molecule has 1 heterocycles. The summed E-state index contributed by atoms with van der Waals surface area (Å²) >= 11 is 1.57. The van der Waals surface area contributed by atoms with Gasteiger partial charge in [0, 0.05) is 24.3 Å². The van der Waals surface area contributed by atoms with Crippen molar-refractivity contribution in [3.8, 4) is 0 Å². The largest absolute Gasteiger partial charge is 0.396 e. The number of rotatable bonds is 4. The van der Waals surface area contributed by atoms with Crippen LogP contribution in [0.4, 0.5) is 0 Å². The lowest BCUT2D eigenvalue weighted by molar-refractivity contribution is -0.119. The number of thiophene rings is 1. The predicted octanol–water partition coefficient (Wildman–Crippen LogP) is 1.24. The van der Waals surface area contributed by atoms with Crippen LogP contribution in [-0.4, -0.2) is 17.5 Å². The van der Waals surface area contributed by atoms with Crippen molar-refractivity contribution in [2.24, 2.45) is 0 Å². The van der Waals surface area contributed by atoms with Gasteiger partial charge >= 0.3 is 0 Å². The lowest BCUT2D eigenvalue weighted by Gasteiger charge is -1.93. The molecule has 60 valence electrons. The van der Waals surface area contributed by atoms with Gasteiger partial charge in [-0.3, -0.25) is 4.79 Å². The highest BCUT2D eigenvalue weighted by Gasteiger charge is 2.02. The summed E-state index contributed by atoms with van der Waals surface area (Å²) in [6.07, 6.45) is 0.746. The fourth-order valence-corrected chi connectivity index (χ4v) is 1.55. The van der Waals surface area contributed by atoms with Crippen LogP contribution >= 0.6 is 11.3 Å². The Morgan fingerprint density at radius 1 is 1.64 bits per heavy atom. The van der Waals surface area contributed by atoms with E-state index in [1.165, 1.54) is 0 Å². The molecular weight excluding hydrogens is 160 g/mol. The summed E-state index contributed by atoms with van der Waals surface area (Å²) in [6.45, 7) is -0.0375. The maximum absolute atomic E-state index is 11.0. The molecule has 0 spiro atoms. The van der Waals surface area contributed by atoms with Gasteiger partial charge in [0.15, 0.2) is 0 Å². The molecule has 0 aliphatic rings. The van der Waals surface area contributed by atoms with Gasteiger partial charge in [0.2, 0.25) is 0 Å². The first-order valence-corrected chi connectivity index (χ1v) is 4.36. The molecular formula is C8H10O2S. The van der Waals surface area contributed by atoms with E-state index in [1.54, 1.807) is 11.3 Å². The van der Waals surface area contributed by atoms with Gasteiger partial charge in [-0.2, -0.15) is 0 Å². The minimum absolute atomic E-state index is 0.0375. The number of hydrogen-bond acceptors (Lipinski definition) is 3. The normalized spacial score (nSPS) is 9.91. The molecule has 0 aliphatic carbocycles. The summed E-state index contributed by atoms with van der Waals surface area (Å²) < 4.78 is 0. The highest BCUT2D eigenvalue weighted by Crippen LogP contribution is 2.09. The van der Waals surface area contributed by atoms with Crippen molar-refractivity contribution in [1.82, 2.24) is 0 Å². The van der Waals surface area contributed by atoms with Crippen LogP contribution in [-0.2, 0) is 11.2 Å². The van der Waals surface area contributed by atoms with Gasteiger partial charge in [-0.1, -0.05) is 6.07 Å². The zero-order valence-electron chi connectivity index (χ0n) is 6.12. The van der Waals surface area contributed by atoms with E-state index >= 15 is 0 Å². The van der Waals surface area contributed by atoms with Crippen LogP contribution in [0.25, 0.3) is 0 Å². The fourth-order valence-electron chi connectivity index (χ4n) is 0.821. The number of Topliss-reactive ketones (excluding diaryl/α,β-unsaturated/α-hetero) is 1. The highest BCUT2D eigenvalue weighted by molar-refractivity contribution is 7.10. The van der Waals surface area contributed by atoms with Crippen molar-refractivity contribution in [3.63, 3.8) is 0 Å². The van der Waals surface area contributed by atoms with Crippen molar-refractivity contribution >= 4 is 17.1 Å². The molecule has 0 saturated carbocycles. The Balaban J connectivity index is 2.37. The maximum atomic E-state index is 11.0. The van der Waals surface area contributed by atoms with Gasteiger partial charge in [-0.15, -0.1) is 11.3 Å². The second-order valence-electron chi connectivity index (χ2n) is 2.27. The number of ketones is 1. The lowest BCUT2D eigenvalue weighted by atomic mass is 10.2. The smallest absolute Gasteiger partial charge is 0.140 e. The summed E-state index contributed by atoms with van der Waals surface area (Å²) in [4.78, 5) is 12.0.